The van der Waals surface area contributed by atoms with Gasteiger partial charge in [0, 0.05) is 25.5 Å². The Morgan fingerprint density at radius 1 is 1.18 bits per heavy atom. The summed E-state index contributed by atoms with van der Waals surface area (Å²) in [5.74, 6) is -0.270. The molecule has 0 bridgehead atoms. The highest BCUT2D eigenvalue weighted by Gasteiger charge is 2.23. The fraction of sp³-hybridized carbons (Fsp3) is 0.318. The van der Waals surface area contributed by atoms with Crippen molar-refractivity contribution in [3.8, 4) is 0 Å². The molecule has 6 nitrogen and oxygen atoms in total. The van der Waals surface area contributed by atoms with Gasteiger partial charge in [-0.1, -0.05) is 31.5 Å². The highest BCUT2D eigenvalue weighted by Crippen LogP contribution is 2.20. The fourth-order valence-electron chi connectivity index (χ4n) is 3.08. The number of hydrogen-bond acceptors (Lipinski definition) is 3. The van der Waals surface area contributed by atoms with Crippen molar-refractivity contribution in [2.75, 3.05) is 18.9 Å². The minimum absolute atomic E-state index is 0.194. The second-order valence-electron chi connectivity index (χ2n) is 7.09. The molecule has 0 spiro atoms. The predicted molar refractivity (Wildman–Crippen MR) is 111 cm³/mol. The molecule has 1 N–H and O–H groups in total. The second-order valence-corrected chi connectivity index (χ2v) is 7.09. The van der Waals surface area contributed by atoms with E-state index >= 15 is 0 Å². The Balaban J connectivity index is 1.97. The average Bonchev–Trinajstić information content (AvgIpc) is 3.08. The SMILES string of the molecule is CCCCN(C)C(=O)c1nc(C(=O)Nc2cc(C)ccc2C)c2ccccn12. The molecule has 0 unspecified atom stereocenters. The lowest BCUT2D eigenvalue weighted by Crippen LogP contribution is -2.29. The van der Waals surface area contributed by atoms with Crippen LogP contribution < -0.4 is 5.32 Å². The van der Waals surface area contributed by atoms with Crippen molar-refractivity contribution < 1.29 is 9.59 Å². The summed E-state index contributed by atoms with van der Waals surface area (Å²) in [5.41, 5.74) is 3.63. The van der Waals surface area contributed by atoms with Gasteiger partial charge in [0.1, 0.15) is 0 Å². The van der Waals surface area contributed by atoms with Crippen LogP contribution in [-0.2, 0) is 0 Å². The van der Waals surface area contributed by atoms with E-state index in [-0.39, 0.29) is 23.3 Å². The van der Waals surface area contributed by atoms with Crippen LogP contribution in [-0.4, -0.2) is 39.7 Å². The molecule has 0 aliphatic heterocycles. The summed E-state index contributed by atoms with van der Waals surface area (Å²) < 4.78 is 1.68. The lowest BCUT2D eigenvalue weighted by atomic mass is 10.1. The molecule has 1 aromatic carbocycles. The number of fused-ring (bicyclic) bond motifs is 1. The third-order valence-corrected chi connectivity index (χ3v) is 4.79. The number of unbranched alkanes of at least 4 members (excludes halogenated alkanes) is 1. The molecule has 0 saturated carbocycles. The summed E-state index contributed by atoms with van der Waals surface area (Å²) in [7, 11) is 1.76. The maximum Gasteiger partial charge on any atom is 0.289 e. The topological polar surface area (TPSA) is 66.7 Å². The van der Waals surface area contributed by atoms with E-state index in [1.165, 1.54) is 0 Å². The highest BCUT2D eigenvalue weighted by molar-refractivity contribution is 6.09. The van der Waals surface area contributed by atoms with Crippen molar-refractivity contribution >= 4 is 23.0 Å². The van der Waals surface area contributed by atoms with Gasteiger partial charge in [-0.15, -0.1) is 0 Å². The third-order valence-electron chi connectivity index (χ3n) is 4.79. The molecule has 0 aliphatic rings. The molecule has 0 atom stereocenters. The van der Waals surface area contributed by atoms with E-state index in [4.69, 9.17) is 0 Å². The zero-order chi connectivity index (χ0) is 20.3. The van der Waals surface area contributed by atoms with Gasteiger partial charge in [0.05, 0.1) is 5.52 Å². The first-order valence-corrected chi connectivity index (χ1v) is 9.53. The van der Waals surface area contributed by atoms with Gasteiger partial charge in [-0.3, -0.25) is 14.0 Å². The number of rotatable bonds is 6. The molecule has 28 heavy (non-hydrogen) atoms. The number of aromatic nitrogens is 2. The molecule has 0 saturated heterocycles. The standard InChI is InChI=1S/C22H26N4O2/c1-5-6-12-25(4)22(28)20-24-19(18-9-7-8-13-26(18)20)21(27)23-17-14-15(2)10-11-16(17)3/h7-11,13-14H,5-6,12H2,1-4H3,(H,23,27). The maximum absolute atomic E-state index is 13.0. The zero-order valence-corrected chi connectivity index (χ0v) is 16.8. The Morgan fingerprint density at radius 3 is 2.71 bits per heavy atom. The summed E-state index contributed by atoms with van der Waals surface area (Å²) in [6, 6.07) is 11.3. The Kier molecular flexibility index (Phi) is 5.78. The molecule has 6 heteroatoms. The number of pyridine rings is 1. The van der Waals surface area contributed by atoms with Crippen LogP contribution in [0.25, 0.3) is 5.52 Å². The van der Waals surface area contributed by atoms with Gasteiger partial charge in [-0.05, 0) is 49.6 Å². The number of hydrogen-bond donors (Lipinski definition) is 1. The summed E-state index contributed by atoms with van der Waals surface area (Å²) in [6.45, 7) is 6.65. The smallest absolute Gasteiger partial charge is 0.289 e. The summed E-state index contributed by atoms with van der Waals surface area (Å²) in [4.78, 5) is 31.9. The highest BCUT2D eigenvalue weighted by atomic mass is 16.2. The number of nitrogens with one attached hydrogen (secondary N) is 1. The molecule has 3 rings (SSSR count). The van der Waals surface area contributed by atoms with E-state index < -0.39 is 0 Å². The van der Waals surface area contributed by atoms with Crippen LogP contribution in [0.1, 0.15) is 52.0 Å². The molecule has 0 aliphatic carbocycles. The molecular weight excluding hydrogens is 352 g/mol. The zero-order valence-electron chi connectivity index (χ0n) is 16.8. The van der Waals surface area contributed by atoms with Gasteiger partial charge in [0.25, 0.3) is 11.8 Å². The number of imidazole rings is 1. The average molecular weight is 378 g/mol. The molecule has 3 aromatic rings. The first kappa shape index (κ1) is 19.6. The monoisotopic (exact) mass is 378 g/mol. The minimum Gasteiger partial charge on any atom is -0.339 e. The molecule has 2 aromatic heterocycles. The van der Waals surface area contributed by atoms with Gasteiger partial charge in [0.2, 0.25) is 5.82 Å². The first-order chi connectivity index (χ1) is 13.4. The summed E-state index contributed by atoms with van der Waals surface area (Å²) >= 11 is 0. The van der Waals surface area contributed by atoms with Gasteiger partial charge in [0.15, 0.2) is 5.69 Å². The van der Waals surface area contributed by atoms with Crippen LogP contribution in [0.5, 0.6) is 0 Å². The number of aryl methyl sites for hydroxylation is 2. The molecule has 146 valence electrons. The van der Waals surface area contributed by atoms with E-state index in [2.05, 4.69) is 17.2 Å². The van der Waals surface area contributed by atoms with Crippen molar-refractivity contribution in [1.29, 1.82) is 0 Å². The lowest BCUT2D eigenvalue weighted by Gasteiger charge is -2.15. The summed E-state index contributed by atoms with van der Waals surface area (Å²) in [6.07, 6.45) is 3.69. The number of benzene rings is 1. The van der Waals surface area contributed by atoms with E-state index in [9.17, 15) is 9.59 Å². The second kappa shape index (κ2) is 8.25. The minimum atomic E-state index is -0.326. The van der Waals surface area contributed by atoms with Crippen LogP contribution >= 0.6 is 0 Å². The Morgan fingerprint density at radius 2 is 1.96 bits per heavy atom. The van der Waals surface area contributed by atoms with Crippen molar-refractivity contribution in [3.05, 3.63) is 65.2 Å². The largest absolute Gasteiger partial charge is 0.339 e. The van der Waals surface area contributed by atoms with Crippen molar-refractivity contribution in [3.63, 3.8) is 0 Å². The quantitative estimate of drug-likeness (QED) is 0.703. The van der Waals surface area contributed by atoms with E-state index in [0.29, 0.717) is 12.1 Å². The Labute approximate surface area is 165 Å². The van der Waals surface area contributed by atoms with Crippen molar-refractivity contribution in [2.45, 2.75) is 33.6 Å². The van der Waals surface area contributed by atoms with E-state index in [0.717, 1.165) is 29.7 Å². The maximum atomic E-state index is 13.0. The molecule has 2 heterocycles. The number of carbonyl (C=O) groups is 2. The van der Waals surface area contributed by atoms with Crippen molar-refractivity contribution in [1.82, 2.24) is 14.3 Å². The number of nitrogens with zero attached hydrogens (tertiary/aromatic N) is 3. The van der Waals surface area contributed by atoms with Crippen LogP contribution in [0, 0.1) is 13.8 Å². The first-order valence-electron chi connectivity index (χ1n) is 9.53. The normalized spacial score (nSPS) is 10.9. The molecular formula is C22H26N4O2. The van der Waals surface area contributed by atoms with Crippen LogP contribution in [0.2, 0.25) is 0 Å². The fourth-order valence-corrected chi connectivity index (χ4v) is 3.08. The molecule has 2 amide bonds. The molecule has 0 radical (unpaired) electrons. The van der Waals surface area contributed by atoms with E-state index in [1.807, 2.05) is 44.2 Å². The number of anilines is 1. The number of amides is 2. The van der Waals surface area contributed by atoms with Gasteiger partial charge in [-0.25, -0.2) is 4.98 Å². The van der Waals surface area contributed by atoms with Crippen LogP contribution in [0.15, 0.2) is 42.6 Å². The number of carbonyl (C=O) groups excluding carboxylic acids is 2. The predicted octanol–water partition coefficient (Wildman–Crippen LogP) is 4.08. The third kappa shape index (κ3) is 3.91. The van der Waals surface area contributed by atoms with Crippen LogP contribution in [0.4, 0.5) is 5.69 Å². The van der Waals surface area contributed by atoms with Gasteiger partial charge < -0.3 is 10.2 Å². The van der Waals surface area contributed by atoms with Crippen LogP contribution in [0.3, 0.4) is 0 Å². The van der Waals surface area contributed by atoms with Gasteiger partial charge in [-0.2, -0.15) is 0 Å². The lowest BCUT2D eigenvalue weighted by molar-refractivity contribution is 0.0780. The summed E-state index contributed by atoms with van der Waals surface area (Å²) in [5, 5.41) is 2.94. The van der Waals surface area contributed by atoms with E-state index in [1.54, 1.807) is 28.6 Å². The Bertz CT molecular complexity index is 1020. The Hall–Kier alpha value is -3.15. The van der Waals surface area contributed by atoms with Gasteiger partial charge >= 0.3 is 0 Å². The molecule has 0 fully saturated rings. The van der Waals surface area contributed by atoms with Crippen molar-refractivity contribution in [2.24, 2.45) is 0 Å².